The fraction of sp³-hybridized carbons (Fsp3) is 0. The van der Waals surface area contributed by atoms with E-state index < -0.39 is 39.7 Å². The highest BCUT2D eigenvalue weighted by Gasteiger charge is 2.23. The summed E-state index contributed by atoms with van der Waals surface area (Å²) in [5, 5.41) is 9.10. The van der Waals surface area contributed by atoms with Crippen LogP contribution in [0.25, 0.3) is 22.2 Å². The van der Waals surface area contributed by atoms with E-state index in [1.165, 1.54) is 12.1 Å². The van der Waals surface area contributed by atoms with Crippen LogP contribution in [-0.4, -0.2) is 21.0 Å². The summed E-state index contributed by atoms with van der Waals surface area (Å²) in [6.07, 6.45) is 1.59. The number of carboxylic acids is 1. The summed E-state index contributed by atoms with van der Waals surface area (Å²) in [4.78, 5) is 17.6. The lowest BCUT2D eigenvalue weighted by atomic mass is 10.1. The molecule has 0 saturated heterocycles. The second-order valence-corrected chi connectivity index (χ2v) is 4.93. The number of halogens is 3. The molecule has 0 aliphatic rings. The standard InChI is InChI=1S/C14H8ClF2N3O2/c15-9-11(18)10(17)12(20-13(9)14(21)22)6-4-8-5(1-2-19-8)3-7(6)16/h1-4,19H,(H2,18,20)(H,21,22). The molecule has 8 heteroatoms. The van der Waals surface area contributed by atoms with Crippen molar-refractivity contribution in [3.63, 3.8) is 0 Å². The molecule has 3 rings (SSSR count). The van der Waals surface area contributed by atoms with Crippen LogP contribution < -0.4 is 5.73 Å². The van der Waals surface area contributed by atoms with Crippen LogP contribution in [0.15, 0.2) is 24.4 Å². The molecular weight excluding hydrogens is 316 g/mol. The number of aromatic amines is 1. The van der Waals surface area contributed by atoms with Crippen molar-refractivity contribution >= 4 is 34.2 Å². The Morgan fingerprint density at radius 1 is 1.36 bits per heavy atom. The van der Waals surface area contributed by atoms with E-state index in [4.69, 9.17) is 22.4 Å². The van der Waals surface area contributed by atoms with Crippen LogP contribution in [0.5, 0.6) is 0 Å². The summed E-state index contributed by atoms with van der Waals surface area (Å²) in [5.74, 6) is -3.31. The first-order chi connectivity index (χ1) is 10.4. The third-order valence-electron chi connectivity index (χ3n) is 3.21. The number of anilines is 1. The van der Waals surface area contributed by atoms with E-state index in [2.05, 4.69) is 9.97 Å². The highest BCUT2D eigenvalue weighted by Crippen LogP contribution is 2.34. The topological polar surface area (TPSA) is 92.0 Å². The maximum atomic E-state index is 14.3. The molecule has 0 radical (unpaired) electrons. The zero-order valence-electron chi connectivity index (χ0n) is 10.8. The number of nitrogens with one attached hydrogen (secondary N) is 1. The van der Waals surface area contributed by atoms with Crippen molar-refractivity contribution < 1.29 is 18.7 Å². The molecule has 4 N–H and O–H groups in total. The predicted molar refractivity (Wildman–Crippen MR) is 77.8 cm³/mol. The third kappa shape index (κ3) is 2.06. The second kappa shape index (κ2) is 4.96. The Hall–Kier alpha value is -2.67. The van der Waals surface area contributed by atoms with Crippen LogP contribution in [-0.2, 0) is 0 Å². The van der Waals surface area contributed by atoms with Gasteiger partial charge in [0.25, 0.3) is 0 Å². The lowest BCUT2D eigenvalue weighted by molar-refractivity contribution is 0.0691. The minimum atomic E-state index is -1.49. The normalized spacial score (nSPS) is 11.0. The smallest absolute Gasteiger partial charge is 0.356 e. The van der Waals surface area contributed by atoms with Gasteiger partial charge >= 0.3 is 5.97 Å². The van der Waals surface area contributed by atoms with E-state index >= 15 is 0 Å². The number of carbonyl (C=O) groups is 1. The van der Waals surface area contributed by atoms with Crippen LogP contribution in [0, 0.1) is 11.6 Å². The first kappa shape index (κ1) is 14.3. The molecule has 1 aromatic carbocycles. The summed E-state index contributed by atoms with van der Waals surface area (Å²) < 4.78 is 28.4. The number of carboxylic acid groups (broad SMARTS) is 1. The molecule has 0 spiro atoms. The largest absolute Gasteiger partial charge is 0.476 e. The number of hydrogen-bond donors (Lipinski definition) is 3. The molecule has 22 heavy (non-hydrogen) atoms. The number of nitrogen functional groups attached to an aromatic ring is 1. The number of aromatic carboxylic acids is 1. The van der Waals surface area contributed by atoms with Crippen molar-refractivity contribution in [3.8, 4) is 11.3 Å². The molecule has 2 heterocycles. The van der Waals surface area contributed by atoms with E-state index in [0.717, 1.165) is 0 Å². The predicted octanol–water partition coefficient (Wildman–Crippen LogP) is 3.44. The van der Waals surface area contributed by atoms with Gasteiger partial charge in [0, 0.05) is 22.7 Å². The van der Waals surface area contributed by atoms with Gasteiger partial charge in [-0.2, -0.15) is 0 Å². The Bertz CT molecular complexity index is 924. The van der Waals surface area contributed by atoms with Crippen LogP contribution in [0.3, 0.4) is 0 Å². The molecule has 0 aliphatic carbocycles. The highest BCUT2D eigenvalue weighted by atomic mass is 35.5. The molecule has 0 saturated carbocycles. The molecule has 0 aliphatic heterocycles. The van der Waals surface area contributed by atoms with E-state index in [9.17, 15) is 13.6 Å². The monoisotopic (exact) mass is 323 g/mol. The SMILES string of the molecule is Nc1c(F)c(-c2cc3[nH]ccc3cc2F)nc(C(=O)O)c1Cl. The van der Waals surface area contributed by atoms with Crippen LogP contribution in [0.4, 0.5) is 14.5 Å². The first-order valence-corrected chi connectivity index (χ1v) is 6.42. The summed E-state index contributed by atoms with van der Waals surface area (Å²) in [5.41, 5.74) is 4.06. The fourth-order valence-corrected chi connectivity index (χ4v) is 2.34. The van der Waals surface area contributed by atoms with E-state index in [0.29, 0.717) is 10.9 Å². The molecule has 0 bridgehead atoms. The van der Waals surface area contributed by atoms with Gasteiger partial charge < -0.3 is 15.8 Å². The van der Waals surface area contributed by atoms with Crippen LogP contribution in [0.2, 0.25) is 5.02 Å². The minimum absolute atomic E-state index is 0.210. The van der Waals surface area contributed by atoms with Crippen molar-refractivity contribution in [3.05, 3.63) is 46.7 Å². The molecule has 0 amide bonds. The Balaban J connectivity index is 2.34. The molecule has 112 valence electrons. The average Bonchev–Trinajstić information content (AvgIpc) is 2.91. The number of hydrogen-bond acceptors (Lipinski definition) is 3. The summed E-state index contributed by atoms with van der Waals surface area (Å²) >= 11 is 5.66. The molecule has 0 atom stereocenters. The Labute approximate surface area is 127 Å². The van der Waals surface area contributed by atoms with Crippen LogP contribution >= 0.6 is 11.6 Å². The number of rotatable bonds is 2. The van der Waals surface area contributed by atoms with Crippen molar-refractivity contribution in [1.29, 1.82) is 0 Å². The molecule has 2 aromatic heterocycles. The zero-order chi connectivity index (χ0) is 16.0. The Morgan fingerprint density at radius 2 is 2.09 bits per heavy atom. The second-order valence-electron chi connectivity index (χ2n) is 4.55. The average molecular weight is 324 g/mol. The number of benzene rings is 1. The summed E-state index contributed by atoms with van der Waals surface area (Å²) in [7, 11) is 0. The highest BCUT2D eigenvalue weighted by molar-refractivity contribution is 6.35. The van der Waals surface area contributed by atoms with Gasteiger partial charge in [-0.3, -0.25) is 0 Å². The van der Waals surface area contributed by atoms with Crippen molar-refractivity contribution in [2.45, 2.75) is 0 Å². The number of aromatic nitrogens is 2. The molecule has 0 fully saturated rings. The zero-order valence-corrected chi connectivity index (χ0v) is 11.6. The fourth-order valence-electron chi connectivity index (χ4n) is 2.14. The number of H-pyrrole nitrogens is 1. The lowest BCUT2D eigenvalue weighted by Gasteiger charge is -2.10. The van der Waals surface area contributed by atoms with Gasteiger partial charge in [-0.05, 0) is 18.2 Å². The van der Waals surface area contributed by atoms with Crippen molar-refractivity contribution in [2.24, 2.45) is 0 Å². The Morgan fingerprint density at radius 3 is 2.77 bits per heavy atom. The molecule has 0 unspecified atom stereocenters. The molecule has 5 nitrogen and oxygen atoms in total. The van der Waals surface area contributed by atoms with Gasteiger partial charge in [0.15, 0.2) is 11.5 Å². The van der Waals surface area contributed by atoms with Gasteiger partial charge in [0.2, 0.25) is 0 Å². The van der Waals surface area contributed by atoms with Crippen molar-refractivity contribution in [2.75, 3.05) is 5.73 Å². The van der Waals surface area contributed by atoms with Gasteiger partial charge in [0.1, 0.15) is 11.5 Å². The molecule has 3 aromatic rings. The first-order valence-electron chi connectivity index (χ1n) is 6.05. The maximum Gasteiger partial charge on any atom is 0.356 e. The van der Waals surface area contributed by atoms with E-state index in [1.54, 1.807) is 12.3 Å². The van der Waals surface area contributed by atoms with Gasteiger partial charge in [-0.15, -0.1) is 0 Å². The third-order valence-corrected chi connectivity index (χ3v) is 3.59. The Kier molecular flexibility index (Phi) is 3.22. The molecular formula is C14H8ClF2N3O2. The number of fused-ring (bicyclic) bond motifs is 1. The maximum absolute atomic E-state index is 14.3. The summed E-state index contributed by atoms with van der Waals surface area (Å²) in [6.45, 7) is 0. The quantitative estimate of drug-likeness (QED) is 0.673. The van der Waals surface area contributed by atoms with E-state index in [1.807, 2.05) is 0 Å². The van der Waals surface area contributed by atoms with Gasteiger partial charge in [-0.25, -0.2) is 18.6 Å². The van der Waals surface area contributed by atoms with Crippen molar-refractivity contribution in [1.82, 2.24) is 9.97 Å². The van der Waals surface area contributed by atoms with Gasteiger partial charge in [-0.1, -0.05) is 11.6 Å². The minimum Gasteiger partial charge on any atom is -0.476 e. The number of nitrogens with zero attached hydrogens (tertiary/aromatic N) is 1. The van der Waals surface area contributed by atoms with E-state index in [-0.39, 0.29) is 5.56 Å². The summed E-state index contributed by atoms with van der Waals surface area (Å²) in [6, 6.07) is 4.16. The lowest BCUT2D eigenvalue weighted by Crippen LogP contribution is -2.08. The number of pyridine rings is 1. The van der Waals surface area contributed by atoms with Gasteiger partial charge in [0.05, 0.1) is 10.7 Å². The number of nitrogens with two attached hydrogens (primary N) is 1. The van der Waals surface area contributed by atoms with Crippen LogP contribution in [0.1, 0.15) is 10.5 Å².